The lowest BCUT2D eigenvalue weighted by molar-refractivity contribution is 0.124. The summed E-state index contributed by atoms with van der Waals surface area (Å²) < 4.78 is 12.9. The molecule has 0 aliphatic carbocycles. The third-order valence-electron chi connectivity index (χ3n) is 3.76. The fourth-order valence-corrected chi connectivity index (χ4v) is 2.61. The summed E-state index contributed by atoms with van der Waals surface area (Å²) in [6, 6.07) is 8.91. The lowest BCUT2D eigenvalue weighted by atomic mass is 9.90. The molecule has 3 heteroatoms. The van der Waals surface area contributed by atoms with Crippen LogP contribution in [0.25, 0.3) is 0 Å². The predicted octanol–water partition coefficient (Wildman–Crippen LogP) is 3.14. The van der Waals surface area contributed by atoms with Crippen LogP contribution in [0.5, 0.6) is 0 Å². The molecule has 2 rings (SSSR count). The molecule has 1 saturated heterocycles. The van der Waals surface area contributed by atoms with E-state index in [9.17, 15) is 9.65 Å². The van der Waals surface area contributed by atoms with Crippen LogP contribution in [0.1, 0.15) is 31.7 Å². The minimum absolute atomic E-state index is 0.226. The Morgan fingerprint density at radius 3 is 2.39 bits per heavy atom. The Bertz CT molecular complexity index is 429. The third kappa shape index (κ3) is 2.88. The summed E-state index contributed by atoms with van der Waals surface area (Å²) in [4.78, 5) is 2.26. The quantitative estimate of drug-likeness (QED) is 0.819. The number of hydrogen-bond donors (Lipinski definition) is 0. The van der Waals surface area contributed by atoms with Crippen molar-refractivity contribution in [2.75, 3.05) is 13.1 Å². The van der Waals surface area contributed by atoms with Crippen LogP contribution in [-0.4, -0.2) is 23.5 Å². The second-order valence-electron chi connectivity index (χ2n) is 5.24. The molecule has 1 unspecified atom stereocenters. The SMILES string of the molecule is CC(C#N)(Cc1ccc(F)cc1)N1CCCCC1. The van der Waals surface area contributed by atoms with Gasteiger partial charge in [-0.1, -0.05) is 18.6 Å². The molecule has 1 aliphatic rings. The van der Waals surface area contributed by atoms with Crippen molar-refractivity contribution in [1.82, 2.24) is 4.90 Å². The van der Waals surface area contributed by atoms with Gasteiger partial charge in [0, 0.05) is 6.42 Å². The zero-order valence-electron chi connectivity index (χ0n) is 10.8. The third-order valence-corrected chi connectivity index (χ3v) is 3.76. The normalized spacial score (nSPS) is 20.1. The molecule has 0 amide bonds. The Kier molecular flexibility index (Phi) is 3.98. The van der Waals surface area contributed by atoms with E-state index in [1.165, 1.54) is 31.4 Å². The standard InChI is InChI=1S/C15H19FN2/c1-15(12-17,18-9-3-2-4-10-18)11-13-5-7-14(16)8-6-13/h5-8H,2-4,9-11H2,1H3. The number of piperidine rings is 1. The zero-order valence-corrected chi connectivity index (χ0v) is 10.8. The van der Waals surface area contributed by atoms with Gasteiger partial charge < -0.3 is 0 Å². The van der Waals surface area contributed by atoms with Crippen molar-refractivity contribution in [3.8, 4) is 6.07 Å². The van der Waals surface area contributed by atoms with Gasteiger partial charge in [-0.25, -0.2) is 4.39 Å². The van der Waals surface area contributed by atoms with E-state index < -0.39 is 5.54 Å². The molecule has 0 aromatic heterocycles. The van der Waals surface area contributed by atoms with Crippen molar-refractivity contribution >= 4 is 0 Å². The first-order valence-corrected chi connectivity index (χ1v) is 6.55. The Labute approximate surface area is 108 Å². The highest BCUT2D eigenvalue weighted by Crippen LogP contribution is 2.24. The molecule has 1 atom stereocenters. The Morgan fingerprint density at radius 1 is 1.22 bits per heavy atom. The van der Waals surface area contributed by atoms with Gasteiger partial charge in [-0.2, -0.15) is 5.26 Å². The van der Waals surface area contributed by atoms with Crippen LogP contribution in [-0.2, 0) is 6.42 Å². The summed E-state index contributed by atoms with van der Waals surface area (Å²) in [5.74, 6) is -0.226. The maximum Gasteiger partial charge on any atom is 0.123 e. The van der Waals surface area contributed by atoms with E-state index in [2.05, 4.69) is 11.0 Å². The van der Waals surface area contributed by atoms with Gasteiger partial charge in [0.15, 0.2) is 0 Å². The first-order chi connectivity index (χ1) is 8.64. The van der Waals surface area contributed by atoms with Crippen molar-refractivity contribution in [3.05, 3.63) is 35.6 Å². The lowest BCUT2D eigenvalue weighted by Gasteiger charge is -2.38. The van der Waals surface area contributed by atoms with Gasteiger partial charge in [0.2, 0.25) is 0 Å². The van der Waals surface area contributed by atoms with E-state index >= 15 is 0 Å². The Morgan fingerprint density at radius 2 is 1.83 bits per heavy atom. The van der Waals surface area contributed by atoms with Crippen molar-refractivity contribution in [2.45, 2.75) is 38.1 Å². The Hall–Kier alpha value is -1.40. The molecule has 1 aliphatic heterocycles. The van der Waals surface area contributed by atoms with Gasteiger partial charge >= 0.3 is 0 Å². The second kappa shape index (κ2) is 5.49. The predicted molar refractivity (Wildman–Crippen MR) is 69.5 cm³/mol. The van der Waals surface area contributed by atoms with E-state index in [4.69, 9.17) is 0 Å². The number of rotatable bonds is 3. The molecule has 18 heavy (non-hydrogen) atoms. The highest BCUT2D eigenvalue weighted by molar-refractivity contribution is 5.22. The van der Waals surface area contributed by atoms with Gasteiger partial charge in [0.25, 0.3) is 0 Å². The van der Waals surface area contributed by atoms with Crippen molar-refractivity contribution < 1.29 is 4.39 Å². The van der Waals surface area contributed by atoms with Gasteiger partial charge in [-0.15, -0.1) is 0 Å². The average molecular weight is 246 g/mol. The molecule has 0 radical (unpaired) electrons. The molecular weight excluding hydrogens is 227 g/mol. The van der Waals surface area contributed by atoms with Crippen LogP contribution >= 0.6 is 0 Å². The Balaban J connectivity index is 2.12. The zero-order chi connectivity index (χ0) is 13.0. The number of likely N-dealkylation sites (tertiary alicyclic amines) is 1. The fourth-order valence-electron chi connectivity index (χ4n) is 2.61. The second-order valence-corrected chi connectivity index (χ2v) is 5.24. The van der Waals surface area contributed by atoms with Crippen LogP contribution in [0, 0.1) is 17.1 Å². The minimum atomic E-state index is -0.474. The number of benzene rings is 1. The number of halogens is 1. The summed E-state index contributed by atoms with van der Waals surface area (Å²) in [5.41, 5.74) is 0.546. The molecule has 0 bridgehead atoms. The van der Waals surface area contributed by atoms with E-state index in [0.717, 1.165) is 18.7 Å². The maximum atomic E-state index is 12.9. The smallest absolute Gasteiger partial charge is 0.123 e. The van der Waals surface area contributed by atoms with Crippen LogP contribution in [0.3, 0.4) is 0 Å². The van der Waals surface area contributed by atoms with Gasteiger partial charge in [0.05, 0.1) is 6.07 Å². The number of hydrogen-bond acceptors (Lipinski definition) is 2. The summed E-state index contributed by atoms with van der Waals surface area (Å²) in [7, 11) is 0. The molecule has 1 heterocycles. The monoisotopic (exact) mass is 246 g/mol. The van der Waals surface area contributed by atoms with E-state index in [0.29, 0.717) is 6.42 Å². The summed E-state index contributed by atoms with van der Waals surface area (Å²) in [6.45, 7) is 3.97. The molecule has 1 fully saturated rings. The molecule has 0 saturated carbocycles. The molecule has 96 valence electrons. The molecule has 0 spiro atoms. The van der Waals surface area contributed by atoms with Crippen LogP contribution in [0.4, 0.5) is 4.39 Å². The van der Waals surface area contributed by atoms with E-state index in [1.54, 1.807) is 12.1 Å². The summed E-state index contributed by atoms with van der Waals surface area (Å²) >= 11 is 0. The molecule has 0 N–H and O–H groups in total. The largest absolute Gasteiger partial charge is 0.285 e. The van der Waals surface area contributed by atoms with Crippen molar-refractivity contribution in [2.24, 2.45) is 0 Å². The lowest BCUT2D eigenvalue weighted by Crippen LogP contribution is -2.49. The highest BCUT2D eigenvalue weighted by Gasteiger charge is 2.32. The molecule has 1 aromatic carbocycles. The number of nitrogens with zero attached hydrogens (tertiary/aromatic N) is 2. The summed E-state index contributed by atoms with van der Waals surface area (Å²) in [5, 5.41) is 9.49. The molecule has 1 aromatic rings. The van der Waals surface area contributed by atoms with Crippen LogP contribution in [0.15, 0.2) is 24.3 Å². The number of nitriles is 1. The topological polar surface area (TPSA) is 27.0 Å². The first kappa shape index (κ1) is 13.0. The van der Waals surface area contributed by atoms with Gasteiger partial charge in [0.1, 0.15) is 11.4 Å². The maximum absolute atomic E-state index is 12.9. The minimum Gasteiger partial charge on any atom is -0.285 e. The van der Waals surface area contributed by atoms with Gasteiger partial charge in [-0.3, -0.25) is 4.90 Å². The van der Waals surface area contributed by atoms with Gasteiger partial charge in [-0.05, 0) is 50.6 Å². The van der Waals surface area contributed by atoms with E-state index in [1.807, 2.05) is 6.92 Å². The van der Waals surface area contributed by atoms with Crippen LogP contribution in [0.2, 0.25) is 0 Å². The van der Waals surface area contributed by atoms with Crippen LogP contribution < -0.4 is 0 Å². The fraction of sp³-hybridized carbons (Fsp3) is 0.533. The molecule has 2 nitrogen and oxygen atoms in total. The van der Waals surface area contributed by atoms with Crippen molar-refractivity contribution in [1.29, 1.82) is 5.26 Å². The highest BCUT2D eigenvalue weighted by atomic mass is 19.1. The molecular formula is C15H19FN2. The first-order valence-electron chi connectivity index (χ1n) is 6.55. The summed E-state index contributed by atoms with van der Waals surface area (Å²) in [6.07, 6.45) is 4.25. The van der Waals surface area contributed by atoms with E-state index in [-0.39, 0.29) is 5.82 Å². The van der Waals surface area contributed by atoms with Crippen molar-refractivity contribution in [3.63, 3.8) is 0 Å². The average Bonchev–Trinajstić information content (AvgIpc) is 2.42.